The van der Waals surface area contributed by atoms with Gasteiger partial charge in [0.25, 0.3) is 0 Å². The van der Waals surface area contributed by atoms with Crippen molar-refractivity contribution < 1.29 is 4.39 Å². The van der Waals surface area contributed by atoms with E-state index in [-0.39, 0.29) is 11.9 Å². The molecule has 4 nitrogen and oxygen atoms in total. The molecular formula is C15H21FN4S. The summed E-state index contributed by atoms with van der Waals surface area (Å²) in [6.45, 7) is 4.65. The maximum atomic E-state index is 13.2. The minimum absolute atomic E-state index is 0.181. The molecule has 0 aliphatic carbocycles. The minimum Gasteiger partial charge on any atom is -0.360 e. The molecule has 2 aromatic rings. The van der Waals surface area contributed by atoms with E-state index in [4.69, 9.17) is 5.73 Å². The number of nitrogens with zero attached hydrogens (tertiary/aromatic N) is 2. The minimum atomic E-state index is -0.181. The summed E-state index contributed by atoms with van der Waals surface area (Å²) in [5, 5.41) is 4.05. The van der Waals surface area contributed by atoms with Gasteiger partial charge in [-0.05, 0) is 37.0 Å². The highest BCUT2D eigenvalue weighted by atomic mass is 32.1. The Morgan fingerprint density at radius 3 is 2.95 bits per heavy atom. The third-order valence-corrected chi connectivity index (χ3v) is 4.08. The molecule has 1 atom stereocenters. The Labute approximate surface area is 128 Å². The van der Waals surface area contributed by atoms with Gasteiger partial charge in [-0.15, -0.1) is 0 Å². The number of hydrogen-bond donors (Lipinski definition) is 2. The molecule has 0 aliphatic rings. The zero-order valence-electron chi connectivity index (χ0n) is 12.4. The standard InChI is InChI=1S/C15H21FN4S/c1-3-12(17)6-7-18-15-19-14(20-21-15)9-11-4-5-13(16)10(2)8-11/h4-5,8,12H,3,6-7,9,17H2,1-2H3,(H,18,19,20). The fraction of sp³-hybridized carbons (Fsp3) is 0.467. The van der Waals surface area contributed by atoms with Gasteiger partial charge in [-0.1, -0.05) is 19.1 Å². The van der Waals surface area contributed by atoms with Gasteiger partial charge in [0.05, 0.1) is 0 Å². The van der Waals surface area contributed by atoms with Crippen molar-refractivity contribution in [3.05, 3.63) is 41.0 Å². The fourth-order valence-corrected chi connectivity index (χ4v) is 2.58. The maximum absolute atomic E-state index is 13.2. The van der Waals surface area contributed by atoms with Crippen LogP contribution in [-0.2, 0) is 6.42 Å². The first-order valence-corrected chi connectivity index (χ1v) is 7.93. The molecule has 1 aromatic carbocycles. The molecule has 21 heavy (non-hydrogen) atoms. The first-order valence-electron chi connectivity index (χ1n) is 7.15. The van der Waals surface area contributed by atoms with E-state index in [0.29, 0.717) is 12.0 Å². The van der Waals surface area contributed by atoms with Gasteiger partial charge in [-0.25, -0.2) is 9.37 Å². The van der Waals surface area contributed by atoms with Gasteiger partial charge in [-0.3, -0.25) is 0 Å². The average Bonchev–Trinajstić information content (AvgIpc) is 2.90. The van der Waals surface area contributed by atoms with E-state index < -0.39 is 0 Å². The van der Waals surface area contributed by atoms with Crippen LogP contribution in [0.4, 0.5) is 9.52 Å². The number of halogens is 1. The fourth-order valence-electron chi connectivity index (χ4n) is 1.97. The molecule has 3 N–H and O–H groups in total. The van der Waals surface area contributed by atoms with Crippen molar-refractivity contribution in [1.29, 1.82) is 0 Å². The van der Waals surface area contributed by atoms with E-state index >= 15 is 0 Å². The number of anilines is 1. The zero-order valence-corrected chi connectivity index (χ0v) is 13.2. The van der Waals surface area contributed by atoms with Crippen LogP contribution in [0.5, 0.6) is 0 Å². The molecule has 0 spiro atoms. The average molecular weight is 308 g/mol. The van der Waals surface area contributed by atoms with E-state index in [0.717, 1.165) is 35.9 Å². The third kappa shape index (κ3) is 4.75. The van der Waals surface area contributed by atoms with Gasteiger partial charge < -0.3 is 11.1 Å². The summed E-state index contributed by atoms with van der Waals surface area (Å²) >= 11 is 1.35. The SMILES string of the molecule is CCC(N)CCNc1nc(Cc2ccc(F)c(C)c2)ns1. The van der Waals surface area contributed by atoms with Crippen LogP contribution < -0.4 is 11.1 Å². The predicted octanol–water partition coefficient (Wildman–Crippen LogP) is 3.12. The Kier molecular flexibility index (Phi) is 5.64. The van der Waals surface area contributed by atoms with Gasteiger partial charge in [0, 0.05) is 30.5 Å². The molecule has 1 aromatic heterocycles. The van der Waals surface area contributed by atoms with Crippen molar-refractivity contribution in [1.82, 2.24) is 9.36 Å². The third-order valence-electron chi connectivity index (χ3n) is 3.37. The lowest BCUT2D eigenvalue weighted by Crippen LogP contribution is -2.22. The van der Waals surface area contributed by atoms with Gasteiger partial charge in [0.15, 0.2) is 0 Å². The molecule has 1 heterocycles. The smallest absolute Gasteiger partial charge is 0.202 e. The summed E-state index contributed by atoms with van der Waals surface area (Å²) in [4.78, 5) is 4.44. The van der Waals surface area contributed by atoms with Gasteiger partial charge in [0.2, 0.25) is 5.13 Å². The Morgan fingerprint density at radius 1 is 1.43 bits per heavy atom. The number of benzene rings is 1. The molecule has 0 saturated carbocycles. The number of nitrogens with two attached hydrogens (primary N) is 1. The first kappa shape index (κ1) is 15.9. The molecule has 1 unspecified atom stereocenters. The Balaban J connectivity index is 1.89. The van der Waals surface area contributed by atoms with Crippen molar-refractivity contribution in [3.8, 4) is 0 Å². The van der Waals surface area contributed by atoms with Crippen molar-refractivity contribution in [2.75, 3.05) is 11.9 Å². The van der Waals surface area contributed by atoms with E-state index in [1.807, 2.05) is 6.07 Å². The number of aryl methyl sites for hydroxylation is 1. The summed E-state index contributed by atoms with van der Waals surface area (Å²) in [6.07, 6.45) is 2.52. The summed E-state index contributed by atoms with van der Waals surface area (Å²) in [5.41, 5.74) is 7.54. The first-order chi connectivity index (χ1) is 10.1. The lowest BCUT2D eigenvalue weighted by Gasteiger charge is -2.07. The van der Waals surface area contributed by atoms with Crippen molar-refractivity contribution in [2.24, 2.45) is 5.73 Å². The van der Waals surface area contributed by atoms with Crippen LogP contribution in [0.25, 0.3) is 0 Å². The lowest BCUT2D eigenvalue weighted by atomic mass is 10.1. The normalized spacial score (nSPS) is 12.4. The maximum Gasteiger partial charge on any atom is 0.202 e. The number of hydrogen-bond acceptors (Lipinski definition) is 5. The van der Waals surface area contributed by atoms with E-state index in [1.165, 1.54) is 17.6 Å². The summed E-state index contributed by atoms with van der Waals surface area (Å²) < 4.78 is 17.6. The van der Waals surface area contributed by atoms with Crippen LogP contribution in [0.3, 0.4) is 0 Å². The van der Waals surface area contributed by atoms with Gasteiger partial charge in [-0.2, -0.15) is 4.37 Å². The van der Waals surface area contributed by atoms with E-state index in [9.17, 15) is 4.39 Å². The summed E-state index contributed by atoms with van der Waals surface area (Å²) in [6, 6.07) is 5.33. The molecule has 0 saturated heterocycles. The molecule has 0 amide bonds. The van der Waals surface area contributed by atoms with Crippen LogP contribution in [-0.4, -0.2) is 21.9 Å². The molecular weight excluding hydrogens is 287 g/mol. The topological polar surface area (TPSA) is 63.8 Å². The number of nitrogens with one attached hydrogen (secondary N) is 1. The number of aromatic nitrogens is 2. The summed E-state index contributed by atoms with van der Waals surface area (Å²) in [7, 11) is 0. The highest BCUT2D eigenvalue weighted by Gasteiger charge is 2.07. The van der Waals surface area contributed by atoms with Crippen LogP contribution >= 0.6 is 11.5 Å². The lowest BCUT2D eigenvalue weighted by molar-refractivity contribution is 0.613. The van der Waals surface area contributed by atoms with Gasteiger partial charge >= 0.3 is 0 Å². The summed E-state index contributed by atoms with van der Waals surface area (Å²) in [5.74, 6) is 0.577. The Hall–Kier alpha value is -1.53. The molecule has 0 bridgehead atoms. The molecule has 114 valence electrons. The van der Waals surface area contributed by atoms with Crippen molar-refractivity contribution in [2.45, 2.75) is 39.2 Å². The van der Waals surface area contributed by atoms with Crippen LogP contribution in [0.2, 0.25) is 0 Å². The highest BCUT2D eigenvalue weighted by molar-refractivity contribution is 7.09. The molecule has 0 radical (unpaired) electrons. The van der Waals surface area contributed by atoms with Crippen LogP contribution in [0, 0.1) is 12.7 Å². The second-order valence-corrected chi connectivity index (χ2v) is 5.91. The molecule has 0 aliphatic heterocycles. The molecule has 0 fully saturated rings. The monoisotopic (exact) mass is 308 g/mol. The van der Waals surface area contributed by atoms with E-state index in [2.05, 4.69) is 21.6 Å². The van der Waals surface area contributed by atoms with Crippen molar-refractivity contribution in [3.63, 3.8) is 0 Å². The van der Waals surface area contributed by atoms with Crippen LogP contribution in [0.15, 0.2) is 18.2 Å². The van der Waals surface area contributed by atoms with Crippen LogP contribution in [0.1, 0.15) is 36.7 Å². The highest BCUT2D eigenvalue weighted by Crippen LogP contribution is 2.16. The number of rotatable bonds is 7. The van der Waals surface area contributed by atoms with Gasteiger partial charge in [0.1, 0.15) is 11.6 Å². The second kappa shape index (κ2) is 7.47. The predicted molar refractivity (Wildman–Crippen MR) is 85.2 cm³/mol. The quantitative estimate of drug-likeness (QED) is 0.825. The zero-order chi connectivity index (χ0) is 15.2. The van der Waals surface area contributed by atoms with Crippen molar-refractivity contribution >= 4 is 16.7 Å². The Bertz CT molecular complexity index is 585. The van der Waals surface area contributed by atoms with E-state index in [1.54, 1.807) is 13.0 Å². The molecule has 2 rings (SSSR count). The Morgan fingerprint density at radius 2 is 2.24 bits per heavy atom. The second-order valence-electron chi connectivity index (χ2n) is 5.16. The molecule has 6 heteroatoms. The largest absolute Gasteiger partial charge is 0.360 e.